The first-order valence-corrected chi connectivity index (χ1v) is 9.12. The van der Waals surface area contributed by atoms with Gasteiger partial charge in [-0.05, 0) is 49.6 Å². The van der Waals surface area contributed by atoms with Crippen LogP contribution in [0.5, 0.6) is 0 Å². The molecule has 2 atom stereocenters. The highest BCUT2D eigenvalue weighted by Crippen LogP contribution is 2.35. The summed E-state index contributed by atoms with van der Waals surface area (Å²) in [5, 5.41) is 2.07. The smallest absolute Gasteiger partial charge is 0.236 e. The molecule has 116 valence electrons. The first-order valence-electron chi connectivity index (χ1n) is 8.24. The fraction of sp³-hybridized carbons (Fsp3) is 0.706. The van der Waals surface area contributed by atoms with E-state index in [0.717, 1.165) is 19.0 Å². The van der Waals surface area contributed by atoms with Gasteiger partial charge in [0, 0.05) is 18.0 Å². The largest absolute Gasteiger partial charge is 0.340 e. The summed E-state index contributed by atoms with van der Waals surface area (Å²) in [6, 6.07) is 4.83. The SMILES string of the molecule is CN(Cc1cccs1)C(=O)CN1CCCC2CCCCC21. The van der Waals surface area contributed by atoms with Crippen molar-refractivity contribution in [3.63, 3.8) is 0 Å². The number of nitrogens with zero attached hydrogens (tertiary/aromatic N) is 2. The number of carbonyl (C=O) groups is 1. The van der Waals surface area contributed by atoms with Crippen molar-refractivity contribution in [3.8, 4) is 0 Å². The van der Waals surface area contributed by atoms with E-state index in [2.05, 4.69) is 22.4 Å². The Morgan fingerprint density at radius 1 is 1.33 bits per heavy atom. The third-order valence-electron chi connectivity index (χ3n) is 5.10. The monoisotopic (exact) mass is 306 g/mol. The van der Waals surface area contributed by atoms with Crippen LogP contribution < -0.4 is 0 Å². The summed E-state index contributed by atoms with van der Waals surface area (Å²) in [7, 11) is 1.93. The number of hydrogen-bond donors (Lipinski definition) is 0. The quantitative estimate of drug-likeness (QED) is 0.851. The fourth-order valence-corrected chi connectivity index (χ4v) is 4.70. The van der Waals surface area contributed by atoms with Gasteiger partial charge in [-0.15, -0.1) is 11.3 Å². The normalized spacial score (nSPS) is 26.3. The highest BCUT2D eigenvalue weighted by Gasteiger charge is 2.34. The Morgan fingerprint density at radius 3 is 2.95 bits per heavy atom. The molecule has 0 bridgehead atoms. The molecule has 1 saturated carbocycles. The van der Waals surface area contributed by atoms with Gasteiger partial charge in [0.25, 0.3) is 0 Å². The molecule has 3 rings (SSSR count). The molecule has 2 aliphatic rings. The third-order valence-corrected chi connectivity index (χ3v) is 5.96. The summed E-state index contributed by atoms with van der Waals surface area (Å²) >= 11 is 1.73. The molecular weight excluding hydrogens is 280 g/mol. The maximum Gasteiger partial charge on any atom is 0.236 e. The second-order valence-electron chi connectivity index (χ2n) is 6.55. The highest BCUT2D eigenvalue weighted by molar-refractivity contribution is 7.09. The minimum Gasteiger partial charge on any atom is -0.340 e. The van der Waals surface area contributed by atoms with Crippen LogP contribution in [-0.4, -0.2) is 41.9 Å². The first-order chi connectivity index (χ1) is 10.2. The molecule has 4 heteroatoms. The molecule has 3 nitrogen and oxygen atoms in total. The zero-order valence-electron chi connectivity index (χ0n) is 13.0. The van der Waals surface area contributed by atoms with Crippen LogP contribution in [0.1, 0.15) is 43.4 Å². The molecule has 1 amide bonds. The van der Waals surface area contributed by atoms with E-state index in [1.54, 1.807) is 11.3 Å². The van der Waals surface area contributed by atoms with Crippen LogP contribution in [-0.2, 0) is 11.3 Å². The fourth-order valence-electron chi connectivity index (χ4n) is 3.94. The van der Waals surface area contributed by atoms with Crippen molar-refractivity contribution in [1.82, 2.24) is 9.80 Å². The van der Waals surface area contributed by atoms with Gasteiger partial charge in [0.15, 0.2) is 0 Å². The van der Waals surface area contributed by atoms with E-state index < -0.39 is 0 Å². The average molecular weight is 306 g/mol. The predicted molar refractivity (Wildman–Crippen MR) is 87.3 cm³/mol. The minimum atomic E-state index is 0.273. The van der Waals surface area contributed by atoms with Gasteiger partial charge in [-0.1, -0.05) is 18.9 Å². The zero-order valence-corrected chi connectivity index (χ0v) is 13.8. The van der Waals surface area contributed by atoms with Gasteiger partial charge < -0.3 is 4.90 Å². The lowest BCUT2D eigenvalue weighted by atomic mass is 9.78. The molecule has 0 spiro atoms. The molecule has 1 saturated heterocycles. The van der Waals surface area contributed by atoms with E-state index >= 15 is 0 Å². The Morgan fingerprint density at radius 2 is 2.14 bits per heavy atom. The van der Waals surface area contributed by atoms with Gasteiger partial charge in [-0.2, -0.15) is 0 Å². The summed E-state index contributed by atoms with van der Waals surface area (Å²) in [5.41, 5.74) is 0. The predicted octanol–water partition coefficient (Wildman–Crippen LogP) is 3.36. The molecule has 2 fully saturated rings. The van der Waals surface area contributed by atoms with Crippen LogP contribution >= 0.6 is 11.3 Å². The van der Waals surface area contributed by atoms with Crippen LogP contribution in [0.15, 0.2) is 17.5 Å². The number of piperidine rings is 1. The standard InChI is InChI=1S/C17H26N2OS/c1-18(12-15-8-5-11-21-15)17(20)13-19-10-4-7-14-6-2-3-9-16(14)19/h5,8,11,14,16H,2-4,6-7,9-10,12-13H2,1H3. The number of amides is 1. The van der Waals surface area contributed by atoms with E-state index in [-0.39, 0.29) is 5.91 Å². The van der Waals surface area contributed by atoms with Gasteiger partial charge >= 0.3 is 0 Å². The summed E-state index contributed by atoms with van der Waals surface area (Å²) in [6.45, 7) is 2.47. The van der Waals surface area contributed by atoms with Crippen LogP contribution in [0.2, 0.25) is 0 Å². The lowest BCUT2D eigenvalue weighted by Crippen LogP contribution is -2.50. The average Bonchev–Trinajstić information content (AvgIpc) is 3.00. The van der Waals surface area contributed by atoms with Crippen molar-refractivity contribution in [2.75, 3.05) is 20.1 Å². The molecule has 2 heterocycles. The minimum absolute atomic E-state index is 0.273. The topological polar surface area (TPSA) is 23.6 Å². The summed E-state index contributed by atoms with van der Waals surface area (Å²) in [6.07, 6.45) is 8.05. The number of hydrogen-bond acceptors (Lipinski definition) is 3. The van der Waals surface area contributed by atoms with Crippen LogP contribution in [0.4, 0.5) is 0 Å². The molecule has 0 aromatic carbocycles. The summed E-state index contributed by atoms with van der Waals surface area (Å²) in [4.78, 5) is 18.1. The van der Waals surface area contributed by atoms with Crippen molar-refractivity contribution in [2.45, 2.75) is 51.1 Å². The van der Waals surface area contributed by atoms with Crippen molar-refractivity contribution in [2.24, 2.45) is 5.92 Å². The molecule has 21 heavy (non-hydrogen) atoms. The highest BCUT2D eigenvalue weighted by atomic mass is 32.1. The summed E-state index contributed by atoms with van der Waals surface area (Å²) in [5.74, 6) is 1.12. The van der Waals surface area contributed by atoms with Crippen LogP contribution in [0.3, 0.4) is 0 Å². The Bertz CT molecular complexity index is 457. The maximum absolute atomic E-state index is 12.5. The molecule has 0 N–H and O–H groups in total. The first kappa shape index (κ1) is 15.0. The van der Waals surface area contributed by atoms with Crippen LogP contribution in [0, 0.1) is 5.92 Å². The molecule has 1 aromatic rings. The number of carbonyl (C=O) groups excluding carboxylic acids is 1. The van der Waals surface area contributed by atoms with Crippen molar-refractivity contribution in [3.05, 3.63) is 22.4 Å². The number of fused-ring (bicyclic) bond motifs is 1. The van der Waals surface area contributed by atoms with E-state index in [4.69, 9.17) is 0 Å². The van der Waals surface area contributed by atoms with Crippen LogP contribution in [0.25, 0.3) is 0 Å². The second kappa shape index (κ2) is 6.93. The van der Waals surface area contributed by atoms with Gasteiger partial charge in [-0.25, -0.2) is 0 Å². The lowest BCUT2D eigenvalue weighted by molar-refractivity contribution is -0.133. The Balaban J connectivity index is 1.55. The van der Waals surface area contributed by atoms with Gasteiger partial charge in [0.2, 0.25) is 5.91 Å². The molecular formula is C17H26N2OS. The Labute approximate surface area is 131 Å². The zero-order chi connectivity index (χ0) is 14.7. The lowest BCUT2D eigenvalue weighted by Gasteiger charge is -2.44. The molecule has 1 aliphatic heterocycles. The van der Waals surface area contributed by atoms with E-state index in [1.165, 1.54) is 43.4 Å². The van der Waals surface area contributed by atoms with E-state index in [1.807, 2.05) is 11.9 Å². The molecule has 1 aromatic heterocycles. The summed E-state index contributed by atoms with van der Waals surface area (Å²) < 4.78 is 0. The van der Waals surface area contributed by atoms with E-state index in [9.17, 15) is 4.79 Å². The van der Waals surface area contributed by atoms with Crippen molar-refractivity contribution < 1.29 is 4.79 Å². The number of likely N-dealkylation sites (tertiary alicyclic amines) is 1. The number of thiophene rings is 1. The van der Waals surface area contributed by atoms with E-state index in [0.29, 0.717) is 12.6 Å². The van der Waals surface area contributed by atoms with Gasteiger partial charge in [0.05, 0.1) is 13.1 Å². The number of likely N-dealkylation sites (N-methyl/N-ethyl adjacent to an activating group) is 1. The molecule has 2 unspecified atom stereocenters. The molecule has 0 radical (unpaired) electrons. The van der Waals surface area contributed by atoms with Gasteiger partial charge in [-0.3, -0.25) is 9.69 Å². The Kier molecular flexibility index (Phi) is 4.96. The van der Waals surface area contributed by atoms with Gasteiger partial charge in [0.1, 0.15) is 0 Å². The van der Waals surface area contributed by atoms with Crippen molar-refractivity contribution in [1.29, 1.82) is 0 Å². The Hall–Kier alpha value is -0.870. The molecule has 1 aliphatic carbocycles. The second-order valence-corrected chi connectivity index (χ2v) is 7.59. The van der Waals surface area contributed by atoms with Crippen molar-refractivity contribution >= 4 is 17.2 Å². The third kappa shape index (κ3) is 3.67. The number of rotatable bonds is 4. The maximum atomic E-state index is 12.5.